The molecule has 0 saturated carbocycles. The van der Waals surface area contributed by atoms with Gasteiger partial charge in [0.05, 0.1) is 6.54 Å². The van der Waals surface area contributed by atoms with Crippen LogP contribution in [0.4, 0.5) is 9.52 Å². The average molecular weight is 414 g/mol. The molecular formula is C20H19FN4O3S. The number of rotatable bonds is 7. The van der Waals surface area contributed by atoms with Crippen molar-refractivity contribution in [1.29, 1.82) is 0 Å². The molecule has 0 aliphatic carbocycles. The maximum atomic E-state index is 13.0. The van der Waals surface area contributed by atoms with Gasteiger partial charge in [0.1, 0.15) is 11.6 Å². The molecule has 0 saturated heterocycles. The minimum atomic E-state index is -0.271. The third kappa shape index (κ3) is 4.80. The van der Waals surface area contributed by atoms with Gasteiger partial charge in [0.25, 0.3) is 0 Å². The third-order valence-corrected chi connectivity index (χ3v) is 5.24. The van der Waals surface area contributed by atoms with E-state index >= 15 is 0 Å². The quantitative estimate of drug-likeness (QED) is 0.641. The molecule has 1 N–H and O–H groups in total. The second-order valence-corrected chi connectivity index (χ2v) is 7.35. The van der Waals surface area contributed by atoms with Gasteiger partial charge in [0.2, 0.25) is 17.8 Å². The van der Waals surface area contributed by atoms with Crippen LogP contribution < -0.4 is 19.7 Å². The summed E-state index contributed by atoms with van der Waals surface area (Å²) < 4.78 is 28.0. The summed E-state index contributed by atoms with van der Waals surface area (Å²) in [6, 6.07) is 11.8. The fourth-order valence-electron chi connectivity index (χ4n) is 2.85. The van der Waals surface area contributed by atoms with Crippen molar-refractivity contribution in [1.82, 2.24) is 14.7 Å². The Hall–Kier alpha value is -3.20. The zero-order valence-electron chi connectivity index (χ0n) is 15.7. The summed E-state index contributed by atoms with van der Waals surface area (Å²) in [5, 5.41) is 3.54. The molecule has 0 unspecified atom stereocenters. The van der Waals surface area contributed by atoms with Gasteiger partial charge < -0.3 is 19.7 Å². The predicted octanol–water partition coefficient (Wildman–Crippen LogP) is 2.75. The Kier molecular flexibility index (Phi) is 5.57. The molecule has 0 fully saturated rings. The number of carbonyl (C=O) groups excluding carboxylic acids is 1. The van der Waals surface area contributed by atoms with E-state index in [0.29, 0.717) is 35.4 Å². The van der Waals surface area contributed by atoms with E-state index in [4.69, 9.17) is 9.47 Å². The average Bonchev–Trinajstić information content (AvgIpc) is 3.37. The number of anilines is 1. The van der Waals surface area contributed by atoms with E-state index < -0.39 is 0 Å². The first kappa shape index (κ1) is 19.1. The highest BCUT2D eigenvalue weighted by Gasteiger charge is 2.15. The summed E-state index contributed by atoms with van der Waals surface area (Å²) in [5.41, 5.74) is 1.86. The number of fused-ring (bicyclic) bond motifs is 1. The summed E-state index contributed by atoms with van der Waals surface area (Å²) in [7, 11) is 1.79. The van der Waals surface area contributed by atoms with Crippen molar-refractivity contribution in [3.8, 4) is 11.5 Å². The number of aromatic nitrogens is 2. The largest absolute Gasteiger partial charge is 0.454 e. The van der Waals surface area contributed by atoms with Crippen LogP contribution in [0.25, 0.3) is 0 Å². The molecule has 2 aromatic carbocycles. The first-order chi connectivity index (χ1) is 14.1. The number of nitrogens with zero attached hydrogens (tertiary/aromatic N) is 3. The normalized spacial score (nSPS) is 12.1. The van der Waals surface area contributed by atoms with Gasteiger partial charge >= 0.3 is 0 Å². The Bertz CT molecular complexity index is 1010. The van der Waals surface area contributed by atoms with Gasteiger partial charge in [-0.25, -0.2) is 9.37 Å². The molecule has 0 radical (unpaired) electrons. The molecule has 0 spiro atoms. The number of likely N-dealkylation sites (N-methyl/N-ethyl adjacent to an activating group) is 1. The predicted molar refractivity (Wildman–Crippen MR) is 107 cm³/mol. The fraction of sp³-hybridized carbons (Fsp3) is 0.250. The maximum absolute atomic E-state index is 13.0. The highest BCUT2D eigenvalue weighted by molar-refractivity contribution is 7.09. The number of hydrogen-bond donors (Lipinski definition) is 1. The number of hydrogen-bond acceptors (Lipinski definition) is 7. The van der Waals surface area contributed by atoms with Crippen LogP contribution in [0.15, 0.2) is 42.5 Å². The van der Waals surface area contributed by atoms with Crippen LogP contribution in [-0.2, 0) is 17.8 Å². The van der Waals surface area contributed by atoms with Gasteiger partial charge in [-0.3, -0.25) is 4.79 Å². The molecule has 0 bridgehead atoms. The molecule has 150 valence electrons. The Morgan fingerprint density at radius 3 is 2.76 bits per heavy atom. The van der Waals surface area contributed by atoms with Crippen molar-refractivity contribution in [3.05, 3.63) is 65.2 Å². The molecular weight excluding hydrogens is 395 g/mol. The van der Waals surface area contributed by atoms with Crippen molar-refractivity contribution >= 4 is 22.6 Å². The molecule has 9 heteroatoms. The minimum Gasteiger partial charge on any atom is -0.454 e. The Morgan fingerprint density at radius 2 is 1.93 bits per heavy atom. The molecule has 1 amide bonds. The summed E-state index contributed by atoms with van der Waals surface area (Å²) in [6.07, 6.45) is 0.515. The van der Waals surface area contributed by atoms with Crippen LogP contribution in [0, 0.1) is 5.82 Å². The van der Waals surface area contributed by atoms with Gasteiger partial charge in [-0.1, -0.05) is 18.2 Å². The first-order valence-corrected chi connectivity index (χ1v) is 9.77. The minimum absolute atomic E-state index is 0.125. The third-order valence-electron chi connectivity index (χ3n) is 4.37. The first-order valence-electron chi connectivity index (χ1n) is 9.00. The van der Waals surface area contributed by atoms with E-state index in [9.17, 15) is 9.18 Å². The van der Waals surface area contributed by atoms with E-state index in [1.54, 1.807) is 24.1 Å². The van der Waals surface area contributed by atoms with Crippen LogP contribution in [0.3, 0.4) is 0 Å². The van der Waals surface area contributed by atoms with E-state index in [1.165, 1.54) is 23.7 Å². The van der Waals surface area contributed by atoms with E-state index in [-0.39, 0.29) is 25.1 Å². The highest BCUT2D eigenvalue weighted by Crippen LogP contribution is 2.32. The molecule has 1 aliphatic rings. The van der Waals surface area contributed by atoms with Crippen LogP contribution in [-0.4, -0.2) is 35.7 Å². The van der Waals surface area contributed by atoms with Gasteiger partial charge in [0, 0.05) is 31.5 Å². The van der Waals surface area contributed by atoms with E-state index in [2.05, 4.69) is 14.7 Å². The van der Waals surface area contributed by atoms with Crippen LogP contribution in [0.5, 0.6) is 11.5 Å². The lowest BCUT2D eigenvalue weighted by Gasteiger charge is -2.14. The number of carbonyl (C=O) groups is 1. The Balaban J connectivity index is 1.28. The number of halogens is 1. The fourth-order valence-corrected chi connectivity index (χ4v) is 3.49. The maximum Gasteiger partial charge on any atom is 0.239 e. The number of nitrogens with one attached hydrogen (secondary N) is 1. The van der Waals surface area contributed by atoms with Gasteiger partial charge in [0.15, 0.2) is 11.5 Å². The zero-order chi connectivity index (χ0) is 20.2. The Labute approximate surface area is 171 Å². The molecule has 3 aromatic rings. The number of benzene rings is 2. The highest BCUT2D eigenvalue weighted by atomic mass is 32.1. The van der Waals surface area contributed by atoms with Gasteiger partial charge in [-0.2, -0.15) is 4.37 Å². The summed E-state index contributed by atoms with van der Waals surface area (Å²) >= 11 is 1.23. The zero-order valence-corrected chi connectivity index (χ0v) is 16.5. The van der Waals surface area contributed by atoms with Crippen molar-refractivity contribution in [2.45, 2.75) is 13.0 Å². The van der Waals surface area contributed by atoms with E-state index in [1.807, 2.05) is 18.2 Å². The molecule has 7 nitrogen and oxygen atoms in total. The second kappa shape index (κ2) is 8.44. The van der Waals surface area contributed by atoms with Gasteiger partial charge in [-0.15, -0.1) is 0 Å². The standard InChI is InChI=1S/C20H19FN4O3S/c1-25(20-23-18(24-29-20)9-13-2-5-15(21)6-3-13)11-19(26)22-10-14-4-7-16-17(8-14)28-12-27-16/h2-8H,9-12H2,1H3,(H,22,26). The second-order valence-electron chi connectivity index (χ2n) is 6.62. The van der Waals surface area contributed by atoms with E-state index in [0.717, 1.165) is 11.1 Å². The van der Waals surface area contributed by atoms with Gasteiger partial charge in [-0.05, 0) is 35.4 Å². The lowest BCUT2D eigenvalue weighted by atomic mass is 10.1. The van der Waals surface area contributed by atoms with Crippen molar-refractivity contribution < 1.29 is 18.7 Å². The topological polar surface area (TPSA) is 76.6 Å². The van der Waals surface area contributed by atoms with Crippen LogP contribution in [0.1, 0.15) is 17.0 Å². The Morgan fingerprint density at radius 1 is 1.17 bits per heavy atom. The lowest BCUT2D eigenvalue weighted by Crippen LogP contribution is -2.34. The smallest absolute Gasteiger partial charge is 0.239 e. The summed E-state index contributed by atoms with van der Waals surface area (Å²) in [5.74, 6) is 1.65. The van der Waals surface area contributed by atoms with Crippen LogP contribution >= 0.6 is 11.5 Å². The SMILES string of the molecule is CN(CC(=O)NCc1ccc2c(c1)OCO2)c1nc(Cc2ccc(F)cc2)ns1. The molecule has 0 atom stereocenters. The molecule has 2 heterocycles. The van der Waals surface area contributed by atoms with Crippen LogP contribution in [0.2, 0.25) is 0 Å². The molecule has 29 heavy (non-hydrogen) atoms. The summed E-state index contributed by atoms with van der Waals surface area (Å²) in [4.78, 5) is 18.5. The van der Waals surface area contributed by atoms with Crippen molar-refractivity contribution in [2.24, 2.45) is 0 Å². The number of amides is 1. The molecule has 4 rings (SSSR count). The lowest BCUT2D eigenvalue weighted by molar-refractivity contribution is -0.119. The molecule has 1 aromatic heterocycles. The number of ether oxygens (including phenoxy) is 2. The molecule has 1 aliphatic heterocycles. The summed E-state index contributed by atoms with van der Waals surface area (Å²) in [6.45, 7) is 0.784. The van der Waals surface area contributed by atoms with Crippen molar-refractivity contribution in [2.75, 3.05) is 25.3 Å². The van der Waals surface area contributed by atoms with Crippen molar-refractivity contribution in [3.63, 3.8) is 0 Å². The monoisotopic (exact) mass is 414 g/mol.